The lowest BCUT2D eigenvalue weighted by atomic mass is 9.44. The van der Waals surface area contributed by atoms with Crippen LogP contribution in [0.3, 0.4) is 0 Å². The number of oxime groups is 1. The molecule has 0 heterocycles. The number of rotatable bonds is 3. The highest BCUT2D eigenvalue weighted by molar-refractivity contribution is 5.62. The molecule has 0 aromatic rings. The van der Waals surface area contributed by atoms with Gasteiger partial charge in [0.15, 0.2) is 0 Å². The van der Waals surface area contributed by atoms with E-state index in [4.69, 9.17) is 9.94 Å². The highest BCUT2D eigenvalue weighted by Gasteiger charge is 2.61. The zero-order chi connectivity index (χ0) is 17.7. The molecule has 0 aromatic carbocycles. The third kappa shape index (κ3) is 2.59. The first-order valence-corrected chi connectivity index (χ1v) is 10.7. The van der Waals surface area contributed by atoms with Crippen LogP contribution in [0.2, 0.25) is 0 Å². The van der Waals surface area contributed by atoms with Gasteiger partial charge in [-0.1, -0.05) is 20.3 Å². The monoisotopic (exact) mass is 347 g/mol. The summed E-state index contributed by atoms with van der Waals surface area (Å²) in [5.41, 5.74) is 0.811. The van der Waals surface area contributed by atoms with Crippen molar-refractivity contribution in [3.05, 3.63) is 0 Å². The largest absolute Gasteiger partial charge is 0.411 e. The van der Waals surface area contributed by atoms with Crippen LogP contribution < -0.4 is 0 Å². The summed E-state index contributed by atoms with van der Waals surface area (Å²) in [5, 5.41) is 12.5. The quantitative estimate of drug-likeness (QED) is 0.424. The van der Waals surface area contributed by atoms with Crippen molar-refractivity contribution >= 4 is 6.21 Å². The molecule has 0 radical (unpaired) electrons. The summed E-state index contributed by atoms with van der Waals surface area (Å²) in [6, 6.07) is 0. The summed E-state index contributed by atoms with van der Waals surface area (Å²) >= 11 is 0. The van der Waals surface area contributed by atoms with Gasteiger partial charge in [-0.3, -0.25) is 0 Å². The molecule has 0 saturated heterocycles. The van der Waals surface area contributed by atoms with Gasteiger partial charge in [-0.25, -0.2) is 0 Å². The van der Waals surface area contributed by atoms with Crippen LogP contribution in [0.15, 0.2) is 5.16 Å². The van der Waals surface area contributed by atoms with E-state index in [-0.39, 0.29) is 0 Å². The van der Waals surface area contributed by atoms with E-state index in [0.29, 0.717) is 16.7 Å². The molecule has 8 atom stereocenters. The van der Waals surface area contributed by atoms with Crippen molar-refractivity contribution < 1.29 is 9.94 Å². The molecule has 3 nitrogen and oxygen atoms in total. The second kappa shape index (κ2) is 6.55. The van der Waals surface area contributed by atoms with Gasteiger partial charge in [0.1, 0.15) is 0 Å². The van der Waals surface area contributed by atoms with Gasteiger partial charge in [0.05, 0.1) is 6.61 Å². The van der Waals surface area contributed by atoms with E-state index >= 15 is 0 Å². The van der Waals surface area contributed by atoms with Crippen LogP contribution in [0.1, 0.15) is 71.6 Å². The van der Waals surface area contributed by atoms with Crippen LogP contribution in [0.5, 0.6) is 0 Å². The standard InChI is InChI=1S/C22H37NO2/c1-15-8-11-22(14-25-3)16(12-15)4-6-18-19-7-5-17(13-23-24)21(19,2)10-9-20(18)22/h13,15-20,24H,4-12,14H2,1-3H3/b23-13+. The molecule has 1 N–H and O–H groups in total. The molecule has 0 aliphatic heterocycles. The molecule has 4 saturated carbocycles. The Hall–Kier alpha value is -0.570. The number of hydrogen-bond acceptors (Lipinski definition) is 3. The fraction of sp³-hybridized carbons (Fsp3) is 0.955. The maximum Gasteiger partial charge on any atom is 0.0524 e. The Bertz CT molecular complexity index is 520. The summed E-state index contributed by atoms with van der Waals surface area (Å²) < 4.78 is 5.87. The predicted molar refractivity (Wildman–Crippen MR) is 101 cm³/mol. The molecule has 0 bridgehead atoms. The number of hydrogen-bond donors (Lipinski definition) is 1. The SMILES string of the molecule is COCC12CCC(C)CC1CCC1C3CCC(/C=N/O)C3(C)CCC12. The van der Waals surface area contributed by atoms with Crippen molar-refractivity contribution in [1.82, 2.24) is 0 Å². The van der Waals surface area contributed by atoms with Gasteiger partial charge in [-0.05, 0) is 91.8 Å². The zero-order valence-electron chi connectivity index (χ0n) is 16.4. The highest BCUT2D eigenvalue weighted by Crippen LogP contribution is 2.67. The van der Waals surface area contributed by atoms with Gasteiger partial charge in [0, 0.05) is 19.2 Å². The Kier molecular flexibility index (Phi) is 4.67. The highest BCUT2D eigenvalue weighted by atomic mass is 16.5. The lowest BCUT2D eigenvalue weighted by molar-refractivity contribution is -0.148. The predicted octanol–water partition coefficient (Wildman–Crippen LogP) is 5.37. The second-order valence-corrected chi connectivity index (χ2v) is 10.2. The normalized spacial score (nSPS) is 52.6. The minimum Gasteiger partial charge on any atom is -0.411 e. The van der Waals surface area contributed by atoms with Gasteiger partial charge < -0.3 is 9.94 Å². The van der Waals surface area contributed by atoms with Crippen molar-refractivity contribution in [2.45, 2.75) is 71.6 Å². The van der Waals surface area contributed by atoms with Crippen LogP contribution in [-0.2, 0) is 4.74 Å². The minimum absolute atomic E-state index is 0.358. The molecule has 8 unspecified atom stereocenters. The van der Waals surface area contributed by atoms with E-state index in [0.717, 1.165) is 36.2 Å². The molecule has 0 aromatic heterocycles. The molecule has 0 spiro atoms. The molecule has 4 aliphatic rings. The third-order valence-electron chi connectivity index (χ3n) is 9.36. The van der Waals surface area contributed by atoms with Crippen molar-refractivity contribution in [3.8, 4) is 0 Å². The molecule has 0 amide bonds. The van der Waals surface area contributed by atoms with Crippen LogP contribution in [0.25, 0.3) is 0 Å². The maximum atomic E-state index is 9.11. The summed E-state index contributed by atoms with van der Waals surface area (Å²) in [4.78, 5) is 0. The van der Waals surface area contributed by atoms with E-state index in [9.17, 15) is 0 Å². The smallest absolute Gasteiger partial charge is 0.0524 e. The van der Waals surface area contributed by atoms with E-state index < -0.39 is 0 Å². The molecule has 4 fully saturated rings. The van der Waals surface area contributed by atoms with Gasteiger partial charge in [-0.2, -0.15) is 0 Å². The summed E-state index contributed by atoms with van der Waals surface area (Å²) in [5.74, 6) is 4.82. The second-order valence-electron chi connectivity index (χ2n) is 10.2. The third-order valence-corrected chi connectivity index (χ3v) is 9.36. The Labute approximate surface area is 153 Å². The number of methoxy groups -OCH3 is 1. The topological polar surface area (TPSA) is 41.8 Å². The maximum absolute atomic E-state index is 9.11. The number of fused-ring (bicyclic) bond motifs is 5. The Balaban J connectivity index is 1.63. The van der Waals surface area contributed by atoms with E-state index in [2.05, 4.69) is 19.0 Å². The Morgan fingerprint density at radius 2 is 1.92 bits per heavy atom. The minimum atomic E-state index is 0.358. The molecule has 142 valence electrons. The summed E-state index contributed by atoms with van der Waals surface area (Å²) in [6.07, 6.45) is 14.1. The van der Waals surface area contributed by atoms with E-state index in [1.165, 1.54) is 57.8 Å². The summed E-state index contributed by atoms with van der Waals surface area (Å²) in [7, 11) is 1.92. The first-order chi connectivity index (χ1) is 12.0. The average Bonchev–Trinajstić information content (AvgIpc) is 2.93. The van der Waals surface area contributed by atoms with Crippen LogP contribution in [0, 0.1) is 46.3 Å². The van der Waals surface area contributed by atoms with Gasteiger partial charge in [0.25, 0.3) is 0 Å². The van der Waals surface area contributed by atoms with Gasteiger partial charge in [0.2, 0.25) is 0 Å². The Morgan fingerprint density at radius 1 is 1.08 bits per heavy atom. The van der Waals surface area contributed by atoms with E-state index in [1.54, 1.807) is 0 Å². The lowest BCUT2D eigenvalue weighted by Crippen LogP contribution is -2.56. The fourth-order valence-electron chi connectivity index (χ4n) is 8.18. The molecule has 25 heavy (non-hydrogen) atoms. The van der Waals surface area contributed by atoms with E-state index in [1.807, 2.05) is 13.3 Å². The lowest BCUT2D eigenvalue weighted by Gasteiger charge is -2.61. The van der Waals surface area contributed by atoms with Crippen molar-refractivity contribution in [3.63, 3.8) is 0 Å². The van der Waals surface area contributed by atoms with Gasteiger partial charge >= 0.3 is 0 Å². The molecular formula is C22H37NO2. The molecule has 3 heteroatoms. The van der Waals surface area contributed by atoms with Gasteiger partial charge in [-0.15, -0.1) is 5.16 Å². The molecule has 4 rings (SSSR count). The van der Waals surface area contributed by atoms with Crippen LogP contribution in [0.4, 0.5) is 0 Å². The van der Waals surface area contributed by atoms with Crippen LogP contribution in [-0.4, -0.2) is 25.1 Å². The van der Waals surface area contributed by atoms with Crippen molar-refractivity contribution in [2.24, 2.45) is 51.5 Å². The fourth-order valence-corrected chi connectivity index (χ4v) is 8.18. The zero-order valence-corrected chi connectivity index (χ0v) is 16.4. The molecule has 4 aliphatic carbocycles. The van der Waals surface area contributed by atoms with Crippen molar-refractivity contribution in [1.29, 1.82) is 0 Å². The summed E-state index contributed by atoms with van der Waals surface area (Å²) in [6.45, 7) is 5.93. The first kappa shape index (κ1) is 17.8. The first-order valence-electron chi connectivity index (χ1n) is 10.7. The average molecular weight is 348 g/mol. The Morgan fingerprint density at radius 3 is 2.68 bits per heavy atom. The number of ether oxygens (including phenoxy) is 1. The number of nitrogens with zero attached hydrogens (tertiary/aromatic N) is 1. The molecular weight excluding hydrogens is 310 g/mol. The van der Waals surface area contributed by atoms with Crippen LogP contribution >= 0.6 is 0 Å². The van der Waals surface area contributed by atoms with Crippen molar-refractivity contribution in [2.75, 3.05) is 13.7 Å².